The normalized spacial score (nSPS) is 17.3. The highest BCUT2D eigenvalue weighted by atomic mass is 16.5. The van der Waals surface area contributed by atoms with Gasteiger partial charge in [-0.3, -0.25) is 4.68 Å². The Morgan fingerprint density at radius 3 is 2.65 bits per heavy atom. The fourth-order valence-corrected chi connectivity index (χ4v) is 3.31. The van der Waals surface area contributed by atoms with Crippen LogP contribution in [0.3, 0.4) is 0 Å². The van der Waals surface area contributed by atoms with Crippen LogP contribution in [0.4, 0.5) is 0 Å². The summed E-state index contributed by atoms with van der Waals surface area (Å²) >= 11 is 0. The Morgan fingerprint density at radius 2 is 2.00 bits per heavy atom. The average molecular weight is 361 g/mol. The molecule has 7 heteroatoms. The highest BCUT2D eigenvalue weighted by Crippen LogP contribution is 2.30. The highest BCUT2D eigenvalue weighted by molar-refractivity contribution is 5.06. The molecule has 3 rings (SSSR count). The Kier molecular flexibility index (Phi) is 6.43. The quantitative estimate of drug-likeness (QED) is 0.777. The Hall–Kier alpha value is -1.73. The molecule has 3 heterocycles. The van der Waals surface area contributed by atoms with Gasteiger partial charge in [-0.15, -0.1) is 0 Å². The molecule has 1 saturated heterocycles. The van der Waals surface area contributed by atoms with Crippen LogP contribution in [0.2, 0.25) is 0 Å². The van der Waals surface area contributed by atoms with Crippen molar-refractivity contribution in [2.24, 2.45) is 11.8 Å². The van der Waals surface area contributed by atoms with Gasteiger partial charge in [-0.25, -0.2) is 0 Å². The molecule has 0 saturated carbocycles. The first-order chi connectivity index (χ1) is 12.5. The molecular formula is C19H31N5O2. The van der Waals surface area contributed by atoms with Crippen molar-refractivity contribution in [3.8, 4) is 0 Å². The van der Waals surface area contributed by atoms with Crippen LogP contribution in [-0.2, 0) is 17.8 Å². The summed E-state index contributed by atoms with van der Waals surface area (Å²) in [6.07, 6.45) is 6.05. The molecule has 0 amide bonds. The van der Waals surface area contributed by atoms with Crippen LogP contribution >= 0.6 is 0 Å². The number of nitrogens with one attached hydrogen (secondary N) is 1. The van der Waals surface area contributed by atoms with Crippen molar-refractivity contribution < 1.29 is 9.26 Å². The molecule has 0 radical (unpaired) electrons. The monoisotopic (exact) mass is 361 g/mol. The van der Waals surface area contributed by atoms with Crippen molar-refractivity contribution in [2.45, 2.75) is 65.6 Å². The number of rotatable bonds is 8. The van der Waals surface area contributed by atoms with Crippen molar-refractivity contribution >= 4 is 0 Å². The van der Waals surface area contributed by atoms with E-state index in [2.05, 4.69) is 54.4 Å². The van der Waals surface area contributed by atoms with Gasteiger partial charge in [0.25, 0.3) is 0 Å². The van der Waals surface area contributed by atoms with E-state index in [9.17, 15) is 0 Å². The summed E-state index contributed by atoms with van der Waals surface area (Å²) in [5.41, 5.74) is 1.17. The topological polar surface area (TPSA) is 78.0 Å². The molecule has 2 aromatic heterocycles. The molecule has 1 aliphatic heterocycles. The van der Waals surface area contributed by atoms with Crippen molar-refractivity contribution in [3.63, 3.8) is 0 Å². The van der Waals surface area contributed by atoms with Crippen molar-refractivity contribution in [3.05, 3.63) is 29.7 Å². The van der Waals surface area contributed by atoms with E-state index in [4.69, 9.17) is 9.26 Å². The van der Waals surface area contributed by atoms with Crippen LogP contribution in [0.1, 0.15) is 69.8 Å². The number of ether oxygens (including phenoxy) is 1. The largest absolute Gasteiger partial charge is 0.381 e. The molecule has 0 unspecified atom stereocenters. The predicted octanol–water partition coefficient (Wildman–Crippen LogP) is 3.30. The van der Waals surface area contributed by atoms with Crippen LogP contribution in [0, 0.1) is 11.8 Å². The van der Waals surface area contributed by atoms with Gasteiger partial charge < -0.3 is 14.6 Å². The summed E-state index contributed by atoms with van der Waals surface area (Å²) in [4.78, 5) is 4.64. The van der Waals surface area contributed by atoms with Crippen molar-refractivity contribution in [2.75, 3.05) is 13.2 Å². The van der Waals surface area contributed by atoms with Gasteiger partial charge in [0, 0.05) is 44.0 Å². The minimum atomic E-state index is 0.0485. The fourth-order valence-electron chi connectivity index (χ4n) is 3.31. The molecule has 0 aromatic carbocycles. The minimum Gasteiger partial charge on any atom is -0.381 e. The summed E-state index contributed by atoms with van der Waals surface area (Å²) in [5.74, 6) is 2.74. The van der Waals surface area contributed by atoms with E-state index in [0.29, 0.717) is 17.7 Å². The SMILES string of the molecule is CC(C)Cn1cc(CN[C@@H](c2nc(C(C)C)no2)C2CCOCC2)cn1. The first-order valence-electron chi connectivity index (χ1n) is 9.69. The van der Waals surface area contributed by atoms with Gasteiger partial charge in [-0.05, 0) is 24.7 Å². The predicted molar refractivity (Wildman–Crippen MR) is 98.6 cm³/mol. The maximum atomic E-state index is 5.60. The second-order valence-corrected chi connectivity index (χ2v) is 7.92. The van der Waals surface area contributed by atoms with Gasteiger partial charge in [0.15, 0.2) is 5.82 Å². The summed E-state index contributed by atoms with van der Waals surface area (Å²) in [5, 5.41) is 12.2. The minimum absolute atomic E-state index is 0.0485. The van der Waals surface area contributed by atoms with Crippen molar-refractivity contribution in [1.29, 1.82) is 0 Å². The molecular weight excluding hydrogens is 330 g/mol. The third kappa shape index (κ3) is 4.92. The number of nitrogens with zero attached hydrogens (tertiary/aromatic N) is 4. The summed E-state index contributed by atoms with van der Waals surface area (Å²) in [6, 6.07) is 0.0485. The standard InChI is InChI=1S/C19H31N5O2/c1-13(2)11-24-12-15(10-21-24)9-20-17(16-5-7-25-8-6-16)19-22-18(14(3)4)23-26-19/h10,12-14,16-17,20H,5-9,11H2,1-4H3/t17-/m1/s1. The Bertz CT molecular complexity index is 673. The van der Waals surface area contributed by atoms with E-state index in [-0.39, 0.29) is 12.0 Å². The van der Waals surface area contributed by atoms with Gasteiger partial charge in [-0.1, -0.05) is 32.9 Å². The maximum absolute atomic E-state index is 5.60. The Labute approximate surface area is 155 Å². The summed E-state index contributed by atoms with van der Waals surface area (Å²) in [6.45, 7) is 11.8. The molecule has 0 spiro atoms. The van der Waals surface area contributed by atoms with Gasteiger partial charge in [-0.2, -0.15) is 10.1 Å². The molecule has 7 nitrogen and oxygen atoms in total. The highest BCUT2D eigenvalue weighted by Gasteiger charge is 2.30. The zero-order valence-electron chi connectivity index (χ0n) is 16.3. The van der Waals surface area contributed by atoms with Gasteiger partial charge in [0.1, 0.15) is 0 Å². The third-order valence-electron chi connectivity index (χ3n) is 4.74. The first-order valence-corrected chi connectivity index (χ1v) is 9.69. The van der Waals surface area contributed by atoms with E-state index < -0.39 is 0 Å². The van der Waals surface area contributed by atoms with E-state index in [1.165, 1.54) is 5.56 Å². The third-order valence-corrected chi connectivity index (χ3v) is 4.74. The summed E-state index contributed by atoms with van der Waals surface area (Å²) < 4.78 is 13.1. The van der Waals surface area contributed by atoms with Gasteiger partial charge >= 0.3 is 0 Å². The molecule has 0 aliphatic carbocycles. The second kappa shape index (κ2) is 8.77. The molecule has 2 aromatic rings. The molecule has 1 aliphatic rings. The van der Waals surface area contributed by atoms with Crippen LogP contribution in [0.25, 0.3) is 0 Å². The zero-order valence-corrected chi connectivity index (χ0v) is 16.3. The average Bonchev–Trinajstić information content (AvgIpc) is 3.26. The van der Waals surface area contributed by atoms with E-state index in [0.717, 1.165) is 45.0 Å². The summed E-state index contributed by atoms with van der Waals surface area (Å²) in [7, 11) is 0. The molecule has 26 heavy (non-hydrogen) atoms. The van der Waals surface area contributed by atoms with Crippen LogP contribution in [0.15, 0.2) is 16.9 Å². The molecule has 1 atom stereocenters. The van der Waals surface area contributed by atoms with Crippen LogP contribution in [0.5, 0.6) is 0 Å². The lowest BCUT2D eigenvalue weighted by Crippen LogP contribution is -2.32. The number of hydrogen-bond donors (Lipinski definition) is 1. The maximum Gasteiger partial charge on any atom is 0.244 e. The Balaban J connectivity index is 1.69. The molecule has 1 N–H and O–H groups in total. The second-order valence-electron chi connectivity index (χ2n) is 7.92. The van der Waals surface area contributed by atoms with Crippen molar-refractivity contribution in [1.82, 2.24) is 25.2 Å². The molecule has 0 bridgehead atoms. The number of hydrogen-bond acceptors (Lipinski definition) is 6. The number of aromatic nitrogens is 4. The smallest absolute Gasteiger partial charge is 0.244 e. The van der Waals surface area contributed by atoms with E-state index in [1.807, 2.05) is 10.9 Å². The zero-order chi connectivity index (χ0) is 18.5. The van der Waals surface area contributed by atoms with E-state index >= 15 is 0 Å². The molecule has 1 fully saturated rings. The van der Waals surface area contributed by atoms with Gasteiger partial charge in [0.2, 0.25) is 5.89 Å². The lowest BCUT2D eigenvalue weighted by Gasteiger charge is -2.28. The van der Waals surface area contributed by atoms with Crippen LogP contribution < -0.4 is 5.32 Å². The lowest BCUT2D eigenvalue weighted by atomic mass is 9.91. The Morgan fingerprint density at radius 1 is 1.23 bits per heavy atom. The van der Waals surface area contributed by atoms with E-state index in [1.54, 1.807) is 0 Å². The van der Waals surface area contributed by atoms with Crippen LogP contribution in [-0.4, -0.2) is 33.1 Å². The van der Waals surface area contributed by atoms with Gasteiger partial charge in [0.05, 0.1) is 12.2 Å². The molecule has 144 valence electrons. The first kappa shape index (κ1) is 19.0. The fraction of sp³-hybridized carbons (Fsp3) is 0.737. The lowest BCUT2D eigenvalue weighted by molar-refractivity contribution is 0.0485.